The smallest absolute Gasteiger partial charge is 0.274 e. The second kappa shape index (κ2) is 6.62. The maximum absolute atomic E-state index is 13.2. The number of fused-ring (bicyclic) bond motifs is 4. The van der Waals surface area contributed by atoms with Gasteiger partial charge < -0.3 is 4.74 Å². The van der Waals surface area contributed by atoms with Crippen LogP contribution in [0, 0.1) is 5.92 Å². The molecule has 0 saturated heterocycles. The van der Waals surface area contributed by atoms with Crippen molar-refractivity contribution in [3.63, 3.8) is 0 Å². The van der Waals surface area contributed by atoms with Crippen molar-refractivity contribution in [2.45, 2.75) is 33.0 Å². The van der Waals surface area contributed by atoms with Gasteiger partial charge in [-0.15, -0.1) is 5.10 Å². The summed E-state index contributed by atoms with van der Waals surface area (Å²) in [5.41, 5.74) is 3.84. The number of hydrogen-bond donors (Lipinski definition) is 0. The summed E-state index contributed by atoms with van der Waals surface area (Å²) in [7, 11) is 1.65. The van der Waals surface area contributed by atoms with Gasteiger partial charge in [-0.05, 0) is 42.3 Å². The van der Waals surface area contributed by atoms with E-state index < -0.39 is 0 Å². The zero-order valence-electron chi connectivity index (χ0n) is 16.7. The number of methoxy groups -OCH3 is 1. The Morgan fingerprint density at radius 1 is 1.10 bits per heavy atom. The van der Waals surface area contributed by atoms with Crippen LogP contribution in [0.3, 0.4) is 0 Å². The van der Waals surface area contributed by atoms with Gasteiger partial charge in [-0.2, -0.15) is 0 Å². The Kier molecular flexibility index (Phi) is 4.04. The summed E-state index contributed by atoms with van der Waals surface area (Å²) >= 11 is 0. The molecule has 7 nitrogen and oxygen atoms in total. The molecular formula is C22H23N5O2. The van der Waals surface area contributed by atoms with Gasteiger partial charge >= 0.3 is 0 Å². The first-order chi connectivity index (χ1) is 14.1. The highest BCUT2D eigenvalue weighted by atomic mass is 16.5. The average Bonchev–Trinajstić information content (AvgIpc) is 3.20. The third-order valence-electron chi connectivity index (χ3n) is 5.82. The number of para-hydroxylation sites is 1. The van der Waals surface area contributed by atoms with Gasteiger partial charge in [0.25, 0.3) is 5.56 Å². The van der Waals surface area contributed by atoms with Crippen molar-refractivity contribution in [1.82, 2.24) is 24.4 Å². The molecular weight excluding hydrogens is 366 g/mol. The molecule has 2 aromatic carbocycles. The van der Waals surface area contributed by atoms with Crippen LogP contribution < -0.4 is 10.3 Å². The minimum atomic E-state index is 0.00145. The van der Waals surface area contributed by atoms with Crippen LogP contribution >= 0.6 is 0 Å². The molecule has 5 rings (SSSR count). The summed E-state index contributed by atoms with van der Waals surface area (Å²) in [4.78, 5) is 13.2. The minimum absolute atomic E-state index is 0.00145. The maximum Gasteiger partial charge on any atom is 0.274 e. The molecule has 0 spiro atoms. The second-order valence-corrected chi connectivity index (χ2v) is 7.83. The van der Waals surface area contributed by atoms with E-state index in [2.05, 4.69) is 28.8 Å². The molecule has 1 atom stereocenters. The predicted octanol–water partition coefficient (Wildman–Crippen LogP) is 3.33. The Labute approximate surface area is 168 Å². The van der Waals surface area contributed by atoms with E-state index in [1.54, 1.807) is 7.11 Å². The first-order valence-corrected chi connectivity index (χ1v) is 9.85. The fourth-order valence-corrected chi connectivity index (χ4v) is 4.22. The van der Waals surface area contributed by atoms with Gasteiger partial charge in [0.15, 0.2) is 0 Å². The van der Waals surface area contributed by atoms with Crippen molar-refractivity contribution in [2.75, 3.05) is 7.11 Å². The minimum Gasteiger partial charge on any atom is -0.497 e. The predicted molar refractivity (Wildman–Crippen MR) is 111 cm³/mol. The van der Waals surface area contributed by atoms with Crippen molar-refractivity contribution < 1.29 is 4.74 Å². The van der Waals surface area contributed by atoms with Crippen molar-refractivity contribution in [3.05, 3.63) is 64.6 Å². The summed E-state index contributed by atoms with van der Waals surface area (Å²) in [5.74, 6) is 1.08. The van der Waals surface area contributed by atoms with Crippen molar-refractivity contribution in [1.29, 1.82) is 0 Å². The van der Waals surface area contributed by atoms with Crippen LogP contribution in [0.4, 0.5) is 0 Å². The van der Waals surface area contributed by atoms with Crippen molar-refractivity contribution >= 4 is 10.9 Å². The van der Waals surface area contributed by atoms with E-state index in [0.29, 0.717) is 13.1 Å². The van der Waals surface area contributed by atoms with Crippen LogP contribution in [0.15, 0.2) is 53.3 Å². The zero-order chi connectivity index (χ0) is 20.1. The van der Waals surface area contributed by atoms with Crippen LogP contribution in [0.1, 0.15) is 25.6 Å². The molecule has 7 heteroatoms. The van der Waals surface area contributed by atoms with Crippen LogP contribution in [-0.2, 0) is 13.1 Å². The molecule has 2 aromatic heterocycles. The number of ether oxygens (including phenoxy) is 1. The first-order valence-electron chi connectivity index (χ1n) is 9.85. The molecule has 0 saturated carbocycles. The molecule has 0 unspecified atom stereocenters. The zero-order valence-corrected chi connectivity index (χ0v) is 16.7. The molecule has 148 valence electrons. The standard InChI is InChI=1S/C22H23N5O2/c1-14(2)19-12-25-20(21(23-24-25)15-8-10-16(29-3)11-9-15)13-26-18-7-5-4-6-17(18)22(28)27(19)26/h4-11,14,19H,12-13H2,1-3H3/t19-/m1/s1. The molecule has 1 aliphatic rings. The lowest BCUT2D eigenvalue weighted by molar-refractivity contribution is 0.276. The topological polar surface area (TPSA) is 66.9 Å². The third kappa shape index (κ3) is 2.68. The maximum atomic E-state index is 13.2. The van der Waals surface area contributed by atoms with Gasteiger partial charge in [-0.1, -0.05) is 31.2 Å². The third-order valence-corrected chi connectivity index (χ3v) is 5.82. The molecule has 4 aromatic rings. The number of nitrogens with zero attached hydrogens (tertiary/aromatic N) is 5. The van der Waals surface area contributed by atoms with E-state index in [9.17, 15) is 4.79 Å². The Bertz CT molecular complexity index is 1250. The van der Waals surface area contributed by atoms with Crippen molar-refractivity contribution in [3.8, 4) is 17.0 Å². The summed E-state index contributed by atoms with van der Waals surface area (Å²) in [5, 5.41) is 9.69. The molecule has 3 heterocycles. The van der Waals surface area contributed by atoms with Gasteiger partial charge in [0.2, 0.25) is 0 Å². The monoisotopic (exact) mass is 389 g/mol. The van der Waals surface area contributed by atoms with Gasteiger partial charge in [0.1, 0.15) is 11.4 Å². The summed E-state index contributed by atoms with van der Waals surface area (Å²) in [6.45, 7) is 5.45. The molecule has 0 N–H and O–H groups in total. The fraction of sp³-hybridized carbons (Fsp3) is 0.318. The molecule has 0 radical (unpaired) electrons. The SMILES string of the molecule is COc1ccc(-c2nnn3c2Cn2c4ccccc4c(=O)n2[C@@H](C(C)C)C3)cc1. The van der Waals surface area contributed by atoms with Gasteiger partial charge in [0, 0.05) is 5.56 Å². The van der Waals surface area contributed by atoms with E-state index in [-0.39, 0.29) is 17.5 Å². The quantitative estimate of drug-likeness (QED) is 0.539. The summed E-state index contributed by atoms with van der Waals surface area (Å²) < 4.78 is 11.2. The van der Waals surface area contributed by atoms with Crippen molar-refractivity contribution in [2.24, 2.45) is 5.92 Å². The van der Waals surface area contributed by atoms with E-state index in [4.69, 9.17) is 4.74 Å². The largest absolute Gasteiger partial charge is 0.497 e. The number of rotatable bonds is 3. The molecule has 0 aliphatic carbocycles. The van der Waals surface area contributed by atoms with Crippen LogP contribution in [0.5, 0.6) is 5.75 Å². The van der Waals surface area contributed by atoms with Crippen LogP contribution in [-0.4, -0.2) is 31.5 Å². The number of hydrogen-bond acceptors (Lipinski definition) is 4. The second-order valence-electron chi connectivity index (χ2n) is 7.83. The Morgan fingerprint density at radius 2 is 1.86 bits per heavy atom. The van der Waals surface area contributed by atoms with Gasteiger partial charge in [-0.3, -0.25) is 9.48 Å². The molecule has 29 heavy (non-hydrogen) atoms. The number of benzene rings is 2. The van der Waals surface area contributed by atoms with Gasteiger partial charge in [-0.25, -0.2) is 9.36 Å². The normalized spacial score (nSPS) is 15.9. The number of aromatic nitrogens is 5. The first kappa shape index (κ1) is 17.7. The van der Waals surface area contributed by atoms with Crippen LogP contribution in [0.25, 0.3) is 22.2 Å². The van der Waals surface area contributed by atoms with E-state index in [0.717, 1.165) is 33.6 Å². The molecule has 1 aliphatic heterocycles. The lowest BCUT2D eigenvalue weighted by Crippen LogP contribution is -2.31. The highest BCUT2D eigenvalue weighted by molar-refractivity contribution is 5.78. The van der Waals surface area contributed by atoms with E-state index in [1.165, 1.54) is 0 Å². The van der Waals surface area contributed by atoms with Gasteiger partial charge in [0.05, 0.1) is 42.8 Å². The van der Waals surface area contributed by atoms with E-state index in [1.807, 2.05) is 57.9 Å². The van der Waals surface area contributed by atoms with Crippen LogP contribution in [0.2, 0.25) is 0 Å². The highest BCUT2D eigenvalue weighted by Crippen LogP contribution is 2.30. The molecule has 0 fully saturated rings. The average molecular weight is 389 g/mol. The Morgan fingerprint density at radius 3 is 2.59 bits per heavy atom. The summed E-state index contributed by atoms with van der Waals surface area (Å²) in [6, 6.07) is 15.7. The molecule has 0 amide bonds. The fourth-order valence-electron chi connectivity index (χ4n) is 4.22. The lowest BCUT2D eigenvalue weighted by Gasteiger charge is -2.22. The lowest BCUT2D eigenvalue weighted by atomic mass is 10.0. The van der Waals surface area contributed by atoms with E-state index >= 15 is 0 Å². The summed E-state index contributed by atoms with van der Waals surface area (Å²) in [6.07, 6.45) is 0. The molecule has 0 bridgehead atoms. The highest BCUT2D eigenvalue weighted by Gasteiger charge is 2.30. The Balaban J connectivity index is 1.72. The Hall–Kier alpha value is -3.35.